The predicted molar refractivity (Wildman–Crippen MR) is 126 cm³/mol. The maximum atomic E-state index is 12.9. The SMILES string of the molecule is CON=C(C(=O)NC1C(=O)N2C(C(=O)O)=C(C[n+]3cccc(N)c3)CS[C@H]12)c1nc(N)sc1Cl. The van der Waals surface area contributed by atoms with Crippen LogP contribution in [0, 0.1) is 0 Å². The zero-order valence-electron chi connectivity index (χ0n) is 17.6. The van der Waals surface area contributed by atoms with Crippen LogP contribution >= 0.6 is 34.7 Å². The molecule has 2 aliphatic heterocycles. The zero-order valence-corrected chi connectivity index (χ0v) is 20.0. The molecule has 1 unspecified atom stereocenters. The van der Waals surface area contributed by atoms with E-state index in [4.69, 9.17) is 27.9 Å². The van der Waals surface area contributed by atoms with Gasteiger partial charge in [-0.3, -0.25) is 14.5 Å². The summed E-state index contributed by atoms with van der Waals surface area (Å²) >= 11 is 8.39. The number of carboxylic acids is 1. The number of carbonyl (C=O) groups excluding carboxylic acids is 2. The van der Waals surface area contributed by atoms with E-state index in [0.29, 0.717) is 17.0 Å². The number of β-lactam (4-membered cyclic amide) rings is 1. The number of thiazole rings is 1. The van der Waals surface area contributed by atoms with E-state index < -0.39 is 29.2 Å². The van der Waals surface area contributed by atoms with Crippen LogP contribution in [0.4, 0.5) is 10.8 Å². The first-order valence-corrected chi connectivity index (χ1v) is 11.9. The van der Waals surface area contributed by atoms with Crippen LogP contribution < -0.4 is 21.4 Å². The number of hydrogen-bond donors (Lipinski definition) is 4. The molecule has 2 amide bonds. The van der Waals surface area contributed by atoms with Gasteiger partial charge in [0, 0.05) is 17.4 Å². The Bertz CT molecular complexity index is 1250. The second-order valence-corrected chi connectivity index (χ2v) is 9.96. The summed E-state index contributed by atoms with van der Waals surface area (Å²) in [6.45, 7) is 0.252. The fourth-order valence-electron chi connectivity index (χ4n) is 3.62. The Morgan fingerprint density at radius 1 is 1.47 bits per heavy atom. The fourth-order valence-corrected chi connectivity index (χ4v) is 5.89. The van der Waals surface area contributed by atoms with Gasteiger partial charge in [0.25, 0.3) is 11.8 Å². The number of halogens is 1. The summed E-state index contributed by atoms with van der Waals surface area (Å²) < 4.78 is 1.88. The minimum Gasteiger partial charge on any atom is -0.477 e. The molecule has 4 rings (SSSR count). The van der Waals surface area contributed by atoms with Gasteiger partial charge in [-0.2, -0.15) is 4.57 Å². The first kappa shape index (κ1) is 23.8. The van der Waals surface area contributed by atoms with Crippen molar-refractivity contribution in [2.24, 2.45) is 5.16 Å². The van der Waals surface area contributed by atoms with E-state index in [1.165, 1.54) is 23.8 Å². The molecule has 0 aromatic carbocycles. The van der Waals surface area contributed by atoms with Gasteiger partial charge in [-0.05, 0) is 6.07 Å². The number of nitrogen functional groups attached to an aromatic ring is 2. The molecule has 0 saturated carbocycles. The molecule has 0 aliphatic carbocycles. The van der Waals surface area contributed by atoms with E-state index in [1.807, 2.05) is 0 Å². The summed E-state index contributed by atoms with van der Waals surface area (Å²) in [5.74, 6) is -2.19. The molecule has 2 aromatic heterocycles. The molecule has 1 saturated heterocycles. The lowest BCUT2D eigenvalue weighted by atomic mass is 10.0. The summed E-state index contributed by atoms with van der Waals surface area (Å²) in [5.41, 5.74) is 12.2. The second-order valence-electron chi connectivity index (χ2n) is 7.22. The number of pyridine rings is 1. The number of oxime groups is 1. The Kier molecular flexibility index (Phi) is 6.63. The van der Waals surface area contributed by atoms with Crippen LogP contribution in [0.3, 0.4) is 0 Å². The lowest BCUT2D eigenvalue weighted by Crippen LogP contribution is -2.71. The van der Waals surface area contributed by atoms with Gasteiger partial charge in [-0.1, -0.05) is 28.1 Å². The number of aliphatic carboxylic acids is 1. The highest BCUT2D eigenvalue weighted by Crippen LogP contribution is 2.40. The molecule has 1 fully saturated rings. The van der Waals surface area contributed by atoms with Gasteiger partial charge in [-0.25, -0.2) is 9.78 Å². The van der Waals surface area contributed by atoms with Crippen molar-refractivity contribution in [3.05, 3.63) is 45.8 Å². The van der Waals surface area contributed by atoms with Gasteiger partial charge in [-0.15, -0.1) is 11.8 Å². The van der Waals surface area contributed by atoms with Crippen molar-refractivity contribution in [3.8, 4) is 0 Å². The fraction of sp³-hybridized carbons (Fsp3) is 0.263. The number of fused-ring (bicyclic) bond motifs is 1. The summed E-state index contributed by atoms with van der Waals surface area (Å²) in [4.78, 5) is 47.8. The molecular formula is C19H19ClN7O5S2+. The van der Waals surface area contributed by atoms with Gasteiger partial charge in [0.05, 0.1) is 5.69 Å². The summed E-state index contributed by atoms with van der Waals surface area (Å²) in [7, 11) is 1.24. The molecule has 178 valence electrons. The zero-order chi connectivity index (χ0) is 24.6. The third kappa shape index (κ3) is 4.38. The molecule has 6 N–H and O–H groups in total. The van der Waals surface area contributed by atoms with E-state index in [-0.39, 0.29) is 33.1 Å². The minimum absolute atomic E-state index is 0.0241. The summed E-state index contributed by atoms with van der Waals surface area (Å²) in [6, 6.07) is 2.50. The predicted octanol–water partition coefficient (Wildman–Crippen LogP) is 0.0377. The Hall–Kier alpha value is -3.36. The molecule has 0 radical (unpaired) electrons. The van der Waals surface area contributed by atoms with Crippen LogP contribution in [0.2, 0.25) is 4.34 Å². The third-order valence-corrected chi connectivity index (χ3v) is 7.44. The highest BCUT2D eigenvalue weighted by Gasteiger charge is 2.54. The lowest BCUT2D eigenvalue weighted by molar-refractivity contribution is -0.688. The Morgan fingerprint density at radius 3 is 2.85 bits per heavy atom. The van der Waals surface area contributed by atoms with E-state index in [2.05, 4.69) is 15.5 Å². The van der Waals surface area contributed by atoms with Crippen molar-refractivity contribution in [1.29, 1.82) is 0 Å². The molecule has 0 spiro atoms. The van der Waals surface area contributed by atoms with Gasteiger partial charge >= 0.3 is 5.97 Å². The van der Waals surface area contributed by atoms with E-state index >= 15 is 0 Å². The Labute approximate surface area is 206 Å². The topological polar surface area (TPSA) is 177 Å². The number of nitrogens with one attached hydrogen (secondary N) is 1. The number of aromatic nitrogens is 2. The summed E-state index contributed by atoms with van der Waals surface area (Å²) in [5, 5.41) is 15.6. The lowest BCUT2D eigenvalue weighted by Gasteiger charge is -2.49. The van der Waals surface area contributed by atoms with Crippen molar-refractivity contribution in [2.45, 2.75) is 18.0 Å². The summed E-state index contributed by atoms with van der Waals surface area (Å²) in [6.07, 6.45) is 3.44. The van der Waals surface area contributed by atoms with Crippen LogP contribution in [0.15, 0.2) is 41.0 Å². The number of carboxylic acid groups (broad SMARTS) is 1. The van der Waals surface area contributed by atoms with Gasteiger partial charge in [0.1, 0.15) is 34.3 Å². The smallest absolute Gasteiger partial charge is 0.352 e. The van der Waals surface area contributed by atoms with Gasteiger partial charge < -0.3 is 26.7 Å². The van der Waals surface area contributed by atoms with Crippen molar-refractivity contribution in [1.82, 2.24) is 15.2 Å². The van der Waals surface area contributed by atoms with E-state index in [9.17, 15) is 19.5 Å². The van der Waals surface area contributed by atoms with E-state index in [0.717, 1.165) is 11.3 Å². The number of thioether (sulfide) groups is 1. The first-order chi connectivity index (χ1) is 16.2. The number of nitrogens with zero attached hydrogens (tertiary/aromatic N) is 4. The van der Waals surface area contributed by atoms with Crippen LogP contribution in [0.5, 0.6) is 0 Å². The largest absolute Gasteiger partial charge is 0.477 e. The van der Waals surface area contributed by atoms with Crippen LogP contribution in [-0.2, 0) is 25.8 Å². The number of anilines is 2. The van der Waals surface area contributed by atoms with Crippen LogP contribution in [0.1, 0.15) is 5.69 Å². The van der Waals surface area contributed by atoms with Crippen LogP contribution in [-0.4, -0.2) is 62.8 Å². The maximum Gasteiger partial charge on any atom is 0.352 e. The first-order valence-electron chi connectivity index (χ1n) is 9.70. The van der Waals surface area contributed by atoms with Crippen molar-refractivity contribution >= 4 is 69.0 Å². The number of carbonyl (C=O) groups is 3. The standard InChI is InChI=1S/C19H18ClN7O5S2/c1-32-25-11(10-14(20)34-19(22)24-10)15(28)23-12-16(29)27-13(18(30)31)8(7-33-17(12)27)5-26-4-2-3-9(21)6-26/h2-4,6,12,17H,5,7,21H2,1H3,(H3-,22,23,24,28,30,31)/p+1/t12?,17-/m1/s1. The highest BCUT2D eigenvalue weighted by molar-refractivity contribution is 8.00. The Balaban J connectivity index is 1.55. The number of rotatable bonds is 7. The average Bonchev–Trinajstić information content (AvgIpc) is 3.12. The maximum absolute atomic E-state index is 12.9. The van der Waals surface area contributed by atoms with Crippen LogP contribution in [0.25, 0.3) is 0 Å². The van der Waals surface area contributed by atoms with Gasteiger partial charge in [0.2, 0.25) is 0 Å². The third-order valence-electron chi connectivity index (χ3n) is 5.02. The number of hydrogen-bond acceptors (Lipinski definition) is 10. The molecule has 15 heteroatoms. The van der Waals surface area contributed by atoms with Gasteiger partial charge in [0.15, 0.2) is 29.8 Å². The highest BCUT2D eigenvalue weighted by atomic mass is 35.5. The number of amides is 2. The molecule has 12 nitrogen and oxygen atoms in total. The molecule has 2 aliphatic rings. The Morgan fingerprint density at radius 2 is 2.24 bits per heavy atom. The van der Waals surface area contributed by atoms with E-state index in [1.54, 1.807) is 29.1 Å². The van der Waals surface area contributed by atoms with Crippen molar-refractivity contribution in [2.75, 3.05) is 24.3 Å². The molecule has 34 heavy (non-hydrogen) atoms. The molecule has 4 heterocycles. The normalized spacial score (nSPS) is 20.0. The molecular weight excluding hydrogens is 506 g/mol. The average molecular weight is 525 g/mol. The minimum atomic E-state index is -1.23. The molecule has 2 aromatic rings. The monoisotopic (exact) mass is 524 g/mol. The number of nitrogens with two attached hydrogens (primary N) is 2. The quantitative estimate of drug-likeness (QED) is 0.168. The van der Waals surface area contributed by atoms with Crippen molar-refractivity contribution in [3.63, 3.8) is 0 Å². The van der Waals surface area contributed by atoms with Crippen molar-refractivity contribution < 1.29 is 28.9 Å². The second kappa shape index (κ2) is 9.48. The molecule has 2 atom stereocenters. The molecule has 0 bridgehead atoms.